The Bertz CT molecular complexity index is 1220. The molecule has 0 atom stereocenters. The average molecular weight is 436 g/mol. The molecular formula is C17H8ClF6N3S. The maximum Gasteiger partial charge on any atom is 0.491 e. The predicted molar refractivity (Wildman–Crippen MR) is 94.4 cm³/mol. The fourth-order valence-corrected chi connectivity index (χ4v) is 4.50. The summed E-state index contributed by atoms with van der Waals surface area (Å²) in [5.41, 5.74) is -1.15. The quantitative estimate of drug-likeness (QED) is 0.309. The predicted octanol–water partition coefficient (Wildman–Crippen LogP) is 6.77. The molecule has 0 N–H and O–H groups in total. The Labute approximate surface area is 162 Å². The van der Waals surface area contributed by atoms with Crippen molar-refractivity contribution in [3.05, 3.63) is 46.6 Å². The van der Waals surface area contributed by atoms with Crippen LogP contribution in [0, 0.1) is 6.92 Å². The molecule has 3 heterocycles. The number of nitrogens with zero attached hydrogens (tertiary/aromatic N) is 3. The SMILES string of the molecule is Cc1ccc2nc(-c3sc4cccc(C(F)(F)F)c4c3Cl)n(C(F)(F)F)c2n1. The van der Waals surface area contributed by atoms with Crippen LogP contribution in [0.1, 0.15) is 11.3 Å². The van der Waals surface area contributed by atoms with Gasteiger partial charge in [0.05, 0.1) is 15.5 Å². The number of thiophene rings is 1. The van der Waals surface area contributed by atoms with Crippen molar-refractivity contribution in [3.63, 3.8) is 0 Å². The van der Waals surface area contributed by atoms with Crippen LogP contribution in [0.5, 0.6) is 0 Å². The monoisotopic (exact) mass is 435 g/mol. The summed E-state index contributed by atoms with van der Waals surface area (Å²) < 4.78 is 81.3. The molecule has 3 aromatic heterocycles. The van der Waals surface area contributed by atoms with E-state index in [2.05, 4.69) is 9.97 Å². The third kappa shape index (κ3) is 2.91. The van der Waals surface area contributed by atoms with E-state index in [1.165, 1.54) is 31.2 Å². The Kier molecular flexibility index (Phi) is 4.13. The molecule has 146 valence electrons. The summed E-state index contributed by atoms with van der Waals surface area (Å²) in [6.07, 6.45) is -9.60. The standard InChI is InChI=1S/C17H8ClF6N3S/c1-7-5-6-9-14(25-7)27(17(22,23)24)15(26-9)13-12(18)11-8(16(19,20)21)3-2-4-10(11)28-13/h2-6H,1H3. The summed E-state index contributed by atoms with van der Waals surface area (Å²) in [5, 5.41) is -0.771. The topological polar surface area (TPSA) is 30.7 Å². The van der Waals surface area contributed by atoms with Crippen LogP contribution >= 0.6 is 22.9 Å². The number of rotatable bonds is 1. The normalized spacial score (nSPS) is 13.0. The summed E-state index contributed by atoms with van der Waals surface area (Å²) >= 11 is 6.87. The summed E-state index contributed by atoms with van der Waals surface area (Å²) in [6.45, 7) is 1.52. The van der Waals surface area contributed by atoms with Crippen LogP contribution in [-0.2, 0) is 12.5 Å². The zero-order valence-corrected chi connectivity index (χ0v) is 15.4. The van der Waals surface area contributed by atoms with Gasteiger partial charge in [0.1, 0.15) is 5.52 Å². The first-order valence-electron chi connectivity index (χ1n) is 7.70. The molecule has 0 bridgehead atoms. The number of aryl methyl sites for hydroxylation is 1. The molecule has 4 aromatic rings. The first kappa shape index (κ1) is 19.0. The van der Waals surface area contributed by atoms with E-state index in [1.54, 1.807) is 0 Å². The van der Waals surface area contributed by atoms with Crippen LogP contribution < -0.4 is 0 Å². The molecule has 28 heavy (non-hydrogen) atoms. The molecule has 0 radical (unpaired) electrons. The van der Waals surface area contributed by atoms with Crippen molar-refractivity contribution < 1.29 is 26.3 Å². The van der Waals surface area contributed by atoms with Gasteiger partial charge in [-0.05, 0) is 31.2 Å². The number of pyridine rings is 1. The molecular weight excluding hydrogens is 428 g/mol. The lowest BCUT2D eigenvalue weighted by atomic mass is 10.1. The Balaban J connectivity index is 2.09. The van der Waals surface area contributed by atoms with Crippen molar-refractivity contribution in [2.24, 2.45) is 0 Å². The van der Waals surface area contributed by atoms with E-state index in [-0.39, 0.29) is 25.0 Å². The highest BCUT2D eigenvalue weighted by atomic mass is 35.5. The number of hydrogen-bond donors (Lipinski definition) is 0. The minimum absolute atomic E-state index is 0.0394. The van der Waals surface area contributed by atoms with Gasteiger partial charge in [0.2, 0.25) is 0 Å². The molecule has 0 amide bonds. The summed E-state index contributed by atoms with van der Waals surface area (Å²) in [5.74, 6) is -0.597. The maximum absolute atomic E-state index is 13.7. The Morgan fingerprint density at radius 2 is 1.71 bits per heavy atom. The highest BCUT2D eigenvalue weighted by Crippen LogP contribution is 2.48. The molecule has 0 spiro atoms. The third-order valence-electron chi connectivity index (χ3n) is 4.06. The zero-order chi connectivity index (χ0) is 20.4. The van der Waals surface area contributed by atoms with E-state index in [0.717, 1.165) is 6.07 Å². The number of imidazole rings is 1. The average Bonchev–Trinajstić information content (AvgIpc) is 3.11. The molecule has 4 rings (SSSR count). The van der Waals surface area contributed by atoms with Crippen molar-refractivity contribution >= 4 is 44.2 Å². The second-order valence-corrected chi connectivity index (χ2v) is 7.39. The van der Waals surface area contributed by atoms with Crippen molar-refractivity contribution in [3.8, 4) is 10.7 Å². The van der Waals surface area contributed by atoms with Gasteiger partial charge >= 0.3 is 12.5 Å². The number of benzene rings is 1. The van der Waals surface area contributed by atoms with Crippen LogP contribution in [0.15, 0.2) is 30.3 Å². The molecule has 0 aliphatic rings. The molecule has 0 unspecified atom stereocenters. The van der Waals surface area contributed by atoms with E-state index in [4.69, 9.17) is 11.6 Å². The smallest absolute Gasteiger partial charge is 0.233 e. The number of aromatic nitrogens is 3. The minimum atomic E-state index is -4.89. The van der Waals surface area contributed by atoms with Gasteiger partial charge in [0.25, 0.3) is 0 Å². The lowest BCUT2D eigenvalue weighted by Crippen LogP contribution is -2.18. The molecule has 0 saturated carbocycles. The van der Waals surface area contributed by atoms with E-state index in [0.29, 0.717) is 17.0 Å². The Morgan fingerprint density at radius 3 is 2.36 bits per heavy atom. The number of fused-ring (bicyclic) bond motifs is 2. The largest absolute Gasteiger partial charge is 0.491 e. The highest BCUT2D eigenvalue weighted by molar-refractivity contribution is 7.23. The molecule has 0 saturated heterocycles. The molecule has 0 aliphatic carbocycles. The van der Waals surface area contributed by atoms with Crippen LogP contribution in [0.4, 0.5) is 26.3 Å². The molecule has 0 fully saturated rings. The number of alkyl halides is 6. The van der Waals surface area contributed by atoms with Crippen molar-refractivity contribution in [1.82, 2.24) is 14.5 Å². The van der Waals surface area contributed by atoms with Gasteiger partial charge in [-0.1, -0.05) is 17.7 Å². The lowest BCUT2D eigenvalue weighted by Gasteiger charge is -2.11. The molecule has 0 aliphatic heterocycles. The van der Waals surface area contributed by atoms with Crippen molar-refractivity contribution in [2.45, 2.75) is 19.4 Å². The van der Waals surface area contributed by atoms with E-state index >= 15 is 0 Å². The fourth-order valence-electron chi connectivity index (χ4n) is 2.94. The molecule has 11 heteroatoms. The van der Waals surface area contributed by atoms with Crippen LogP contribution in [-0.4, -0.2) is 14.5 Å². The summed E-state index contributed by atoms with van der Waals surface area (Å²) in [6, 6.07) is 6.25. The van der Waals surface area contributed by atoms with Crippen molar-refractivity contribution in [2.75, 3.05) is 0 Å². The fraction of sp³-hybridized carbons (Fsp3) is 0.176. The number of hydrogen-bond acceptors (Lipinski definition) is 3. The van der Waals surface area contributed by atoms with Gasteiger partial charge in [0, 0.05) is 15.8 Å². The first-order valence-corrected chi connectivity index (χ1v) is 8.90. The Hall–Kier alpha value is -2.33. The van der Waals surface area contributed by atoms with Gasteiger partial charge < -0.3 is 0 Å². The lowest BCUT2D eigenvalue weighted by molar-refractivity contribution is -0.200. The number of halogens is 7. The van der Waals surface area contributed by atoms with Crippen LogP contribution in [0.3, 0.4) is 0 Å². The summed E-state index contributed by atoms with van der Waals surface area (Å²) in [7, 11) is 0. The molecule has 1 aromatic carbocycles. The van der Waals surface area contributed by atoms with E-state index < -0.39 is 34.5 Å². The van der Waals surface area contributed by atoms with Gasteiger partial charge in [-0.3, -0.25) is 0 Å². The van der Waals surface area contributed by atoms with E-state index in [1.807, 2.05) is 0 Å². The van der Waals surface area contributed by atoms with Crippen LogP contribution in [0.2, 0.25) is 5.02 Å². The summed E-state index contributed by atoms with van der Waals surface area (Å²) in [4.78, 5) is 7.65. The van der Waals surface area contributed by atoms with E-state index in [9.17, 15) is 26.3 Å². The van der Waals surface area contributed by atoms with Gasteiger partial charge in [-0.25, -0.2) is 14.5 Å². The van der Waals surface area contributed by atoms with Gasteiger partial charge in [-0.2, -0.15) is 13.2 Å². The Morgan fingerprint density at radius 1 is 1.00 bits per heavy atom. The maximum atomic E-state index is 13.7. The highest BCUT2D eigenvalue weighted by Gasteiger charge is 2.39. The van der Waals surface area contributed by atoms with Crippen molar-refractivity contribution in [1.29, 1.82) is 0 Å². The second-order valence-electron chi connectivity index (χ2n) is 5.96. The van der Waals surface area contributed by atoms with Gasteiger partial charge in [-0.15, -0.1) is 24.5 Å². The third-order valence-corrected chi connectivity index (χ3v) is 5.70. The molecule has 3 nitrogen and oxygen atoms in total. The zero-order valence-electron chi connectivity index (χ0n) is 13.8. The first-order chi connectivity index (χ1) is 13.0. The van der Waals surface area contributed by atoms with Gasteiger partial charge in [0.15, 0.2) is 11.5 Å². The van der Waals surface area contributed by atoms with Crippen LogP contribution in [0.25, 0.3) is 32.0 Å². The second kappa shape index (κ2) is 6.08. The minimum Gasteiger partial charge on any atom is -0.233 e.